The maximum atomic E-state index is 12.2. The highest BCUT2D eigenvalue weighted by Crippen LogP contribution is 2.35. The summed E-state index contributed by atoms with van der Waals surface area (Å²) < 4.78 is 5.22. The summed E-state index contributed by atoms with van der Waals surface area (Å²) in [5.41, 5.74) is 0.693. The molecule has 0 radical (unpaired) electrons. The summed E-state index contributed by atoms with van der Waals surface area (Å²) in [5.74, 6) is 1.50. The number of nitrogens with one attached hydrogen (secondary N) is 1. The Bertz CT molecular complexity index is 694. The third kappa shape index (κ3) is 3.36. The van der Waals surface area contributed by atoms with Gasteiger partial charge >= 0.3 is 0 Å². The minimum absolute atomic E-state index is 0.0635. The zero-order valence-corrected chi connectivity index (χ0v) is 13.2. The number of para-hydroxylation sites is 1. The van der Waals surface area contributed by atoms with Gasteiger partial charge in [-0.15, -0.1) is 0 Å². The summed E-state index contributed by atoms with van der Waals surface area (Å²) in [6.45, 7) is 4.45. The van der Waals surface area contributed by atoms with Gasteiger partial charge in [-0.1, -0.05) is 12.1 Å². The minimum atomic E-state index is -0.0635. The number of methoxy groups -OCH3 is 1. The number of H-pyrrole nitrogens is 1. The molecule has 118 valence electrons. The van der Waals surface area contributed by atoms with Crippen LogP contribution >= 0.6 is 0 Å². The molecule has 0 spiro atoms. The largest absolute Gasteiger partial charge is 0.383 e. The molecule has 2 aromatic rings. The number of ether oxygens (including phenoxy) is 1. The van der Waals surface area contributed by atoms with Gasteiger partial charge < -0.3 is 9.72 Å². The van der Waals surface area contributed by atoms with E-state index in [-0.39, 0.29) is 5.56 Å². The zero-order chi connectivity index (χ0) is 15.5. The molecule has 5 nitrogen and oxygen atoms in total. The standard InChI is InChI=1S/C17H23N3O2/c1-12(13-7-8-13)20(9-10-22-2)11-16-18-15-6-4-3-5-14(15)17(21)19-16/h3-6,12-13H,7-11H2,1-2H3,(H,18,19,21). The molecule has 1 aromatic heterocycles. The molecule has 1 atom stereocenters. The van der Waals surface area contributed by atoms with E-state index in [0.29, 0.717) is 24.6 Å². The number of benzene rings is 1. The first-order valence-electron chi connectivity index (χ1n) is 7.90. The average molecular weight is 301 g/mol. The Labute approximate surface area is 130 Å². The highest BCUT2D eigenvalue weighted by Gasteiger charge is 2.32. The quantitative estimate of drug-likeness (QED) is 0.851. The predicted molar refractivity (Wildman–Crippen MR) is 86.8 cm³/mol. The Morgan fingerprint density at radius 3 is 2.91 bits per heavy atom. The SMILES string of the molecule is COCCN(Cc1nc2ccccc2c(=O)[nH]1)C(C)C1CC1. The van der Waals surface area contributed by atoms with E-state index < -0.39 is 0 Å². The van der Waals surface area contributed by atoms with Crippen LogP contribution in [0.5, 0.6) is 0 Å². The Morgan fingerprint density at radius 2 is 2.18 bits per heavy atom. The summed E-state index contributed by atoms with van der Waals surface area (Å²) in [6, 6.07) is 7.96. The van der Waals surface area contributed by atoms with Crippen LogP contribution in [0.15, 0.2) is 29.1 Å². The molecule has 1 aromatic carbocycles. The molecule has 1 saturated carbocycles. The second-order valence-corrected chi connectivity index (χ2v) is 6.07. The number of nitrogens with zero attached hydrogens (tertiary/aromatic N) is 2. The molecule has 0 aliphatic heterocycles. The molecule has 1 fully saturated rings. The number of hydrogen-bond donors (Lipinski definition) is 1. The fourth-order valence-electron chi connectivity index (χ4n) is 2.91. The predicted octanol–water partition coefficient (Wildman–Crippen LogP) is 2.17. The Kier molecular flexibility index (Phi) is 4.55. The van der Waals surface area contributed by atoms with E-state index in [1.165, 1.54) is 12.8 Å². The van der Waals surface area contributed by atoms with Crippen LogP contribution in [0.2, 0.25) is 0 Å². The molecule has 1 aliphatic rings. The van der Waals surface area contributed by atoms with Gasteiger partial charge in [-0.05, 0) is 37.8 Å². The molecule has 0 bridgehead atoms. The highest BCUT2D eigenvalue weighted by atomic mass is 16.5. The third-order valence-corrected chi connectivity index (χ3v) is 4.48. The first-order chi connectivity index (χ1) is 10.7. The van der Waals surface area contributed by atoms with Crippen LogP contribution in [-0.2, 0) is 11.3 Å². The van der Waals surface area contributed by atoms with E-state index in [9.17, 15) is 4.79 Å². The van der Waals surface area contributed by atoms with Gasteiger partial charge in [0.1, 0.15) is 5.82 Å². The monoisotopic (exact) mass is 301 g/mol. The lowest BCUT2D eigenvalue weighted by Gasteiger charge is -2.28. The van der Waals surface area contributed by atoms with Crippen LogP contribution < -0.4 is 5.56 Å². The molecule has 5 heteroatoms. The zero-order valence-electron chi connectivity index (χ0n) is 13.2. The molecule has 1 aliphatic carbocycles. The van der Waals surface area contributed by atoms with Crippen molar-refractivity contribution in [3.8, 4) is 0 Å². The van der Waals surface area contributed by atoms with Crippen molar-refractivity contribution in [1.82, 2.24) is 14.9 Å². The first kappa shape index (κ1) is 15.2. The third-order valence-electron chi connectivity index (χ3n) is 4.48. The second-order valence-electron chi connectivity index (χ2n) is 6.07. The van der Waals surface area contributed by atoms with Crippen molar-refractivity contribution in [1.29, 1.82) is 0 Å². The number of aromatic nitrogens is 2. The molecule has 3 rings (SSSR count). The first-order valence-corrected chi connectivity index (χ1v) is 7.90. The fourth-order valence-corrected chi connectivity index (χ4v) is 2.91. The van der Waals surface area contributed by atoms with Gasteiger partial charge in [-0.2, -0.15) is 0 Å². The number of aromatic amines is 1. The van der Waals surface area contributed by atoms with Crippen LogP contribution in [0.3, 0.4) is 0 Å². The maximum absolute atomic E-state index is 12.2. The maximum Gasteiger partial charge on any atom is 0.258 e. The average Bonchev–Trinajstić information content (AvgIpc) is 3.35. The van der Waals surface area contributed by atoms with E-state index in [4.69, 9.17) is 4.74 Å². The highest BCUT2D eigenvalue weighted by molar-refractivity contribution is 5.77. The Hall–Kier alpha value is -1.72. The van der Waals surface area contributed by atoms with Gasteiger partial charge in [-0.3, -0.25) is 9.69 Å². The van der Waals surface area contributed by atoms with Gasteiger partial charge in [0.05, 0.1) is 24.1 Å². The topological polar surface area (TPSA) is 58.2 Å². The van der Waals surface area contributed by atoms with Crippen molar-refractivity contribution in [2.45, 2.75) is 32.4 Å². The van der Waals surface area contributed by atoms with Crippen LogP contribution in [-0.4, -0.2) is 41.2 Å². The van der Waals surface area contributed by atoms with Crippen molar-refractivity contribution in [3.63, 3.8) is 0 Å². The Balaban J connectivity index is 1.83. The van der Waals surface area contributed by atoms with E-state index in [0.717, 1.165) is 23.8 Å². The van der Waals surface area contributed by atoms with Crippen molar-refractivity contribution >= 4 is 10.9 Å². The van der Waals surface area contributed by atoms with Crippen LogP contribution in [0, 0.1) is 5.92 Å². The lowest BCUT2D eigenvalue weighted by Crippen LogP contribution is -2.37. The molecule has 22 heavy (non-hydrogen) atoms. The normalized spacial score (nSPS) is 16.3. The van der Waals surface area contributed by atoms with Gasteiger partial charge in [0.15, 0.2) is 0 Å². The van der Waals surface area contributed by atoms with E-state index in [1.807, 2.05) is 18.2 Å². The summed E-state index contributed by atoms with van der Waals surface area (Å²) in [7, 11) is 1.72. The van der Waals surface area contributed by atoms with E-state index in [2.05, 4.69) is 21.8 Å². The molecule has 0 amide bonds. The smallest absolute Gasteiger partial charge is 0.258 e. The van der Waals surface area contributed by atoms with Gasteiger partial charge in [-0.25, -0.2) is 4.98 Å². The van der Waals surface area contributed by atoms with Crippen molar-refractivity contribution in [3.05, 3.63) is 40.4 Å². The fraction of sp³-hybridized carbons (Fsp3) is 0.529. The van der Waals surface area contributed by atoms with Crippen molar-refractivity contribution < 1.29 is 4.74 Å². The lowest BCUT2D eigenvalue weighted by molar-refractivity contribution is 0.109. The van der Waals surface area contributed by atoms with Crippen LogP contribution in [0.1, 0.15) is 25.6 Å². The minimum Gasteiger partial charge on any atom is -0.383 e. The molecule has 1 unspecified atom stereocenters. The van der Waals surface area contributed by atoms with Crippen LogP contribution in [0.4, 0.5) is 0 Å². The van der Waals surface area contributed by atoms with E-state index >= 15 is 0 Å². The number of rotatable bonds is 7. The molecular formula is C17H23N3O2. The summed E-state index contributed by atoms with van der Waals surface area (Å²) in [5, 5.41) is 0.643. The second kappa shape index (κ2) is 6.58. The summed E-state index contributed by atoms with van der Waals surface area (Å²) in [4.78, 5) is 22.1. The molecular weight excluding hydrogens is 278 g/mol. The number of hydrogen-bond acceptors (Lipinski definition) is 4. The molecule has 1 heterocycles. The van der Waals surface area contributed by atoms with Gasteiger partial charge in [0.25, 0.3) is 5.56 Å². The lowest BCUT2D eigenvalue weighted by atomic mass is 10.2. The van der Waals surface area contributed by atoms with E-state index in [1.54, 1.807) is 13.2 Å². The molecule has 0 saturated heterocycles. The van der Waals surface area contributed by atoms with Crippen LogP contribution in [0.25, 0.3) is 10.9 Å². The summed E-state index contributed by atoms with van der Waals surface area (Å²) in [6.07, 6.45) is 2.60. The van der Waals surface area contributed by atoms with Crippen molar-refractivity contribution in [2.24, 2.45) is 5.92 Å². The van der Waals surface area contributed by atoms with Crippen molar-refractivity contribution in [2.75, 3.05) is 20.3 Å². The summed E-state index contributed by atoms with van der Waals surface area (Å²) >= 11 is 0. The molecule has 1 N–H and O–H groups in total. The van der Waals surface area contributed by atoms with Gasteiger partial charge in [0, 0.05) is 19.7 Å². The number of fused-ring (bicyclic) bond motifs is 1. The Morgan fingerprint density at radius 1 is 1.41 bits per heavy atom. The van der Waals surface area contributed by atoms with Gasteiger partial charge in [0.2, 0.25) is 0 Å².